The zero-order valence-electron chi connectivity index (χ0n) is 17.2. The van der Waals surface area contributed by atoms with Crippen LogP contribution in [0.15, 0.2) is 54.6 Å². The van der Waals surface area contributed by atoms with E-state index in [0.29, 0.717) is 6.42 Å². The fourth-order valence-electron chi connectivity index (χ4n) is 4.54. The van der Waals surface area contributed by atoms with Crippen LogP contribution in [0.25, 0.3) is 32.9 Å². The van der Waals surface area contributed by atoms with Gasteiger partial charge in [-0.05, 0) is 49.8 Å². The van der Waals surface area contributed by atoms with Gasteiger partial charge in [0.25, 0.3) is 5.69 Å². The number of benzene rings is 3. The Hall–Kier alpha value is -3.38. The number of hydrogen-bond acceptors (Lipinski definition) is 2. The highest BCUT2D eigenvalue weighted by atomic mass is 16.5. The summed E-state index contributed by atoms with van der Waals surface area (Å²) in [7, 11) is 2.11. The average molecular weight is 379 g/mol. The largest absolute Gasteiger partial charge is 0.450 e. The molecule has 0 aliphatic carbocycles. The summed E-state index contributed by atoms with van der Waals surface area (Å²) in [5, 5.41) is 13.0. The highest BCUT2D eigenvalue weighted by molar-refractivity contribution is 6.04. The molecule has 1 aliphatic rings. The Labute approximate surface area is 170 Å². The summed E-state index contributed by atoms with van der Waals surface area (Å²) < 4.78 is 8.66. The number of rotatable bonds is 2. The van der Waals surface area contributed by atoms with Crippen LogP contribution < -0.4 is 9.30 Å². The summed E-state index contributed by atoms with van der Waals surface area (Å²) in [4.78, 5) is 0. The van der Waals surface area contributed by atoms with Crippen LogP contribution in [0.5, 0.6) is 11.5 Å². The molecule has 0 amide bonds. The number of nitrogens with zero attached hydrogens (tertiary/aromatic N) is 2. The van der Waals surface area contributed by atoms with E-state index < -0.39 is 5.41 Å². The van der Waals surface area contributed by atoms with E-state index in [2.05, 4.69) is 67.1 Å². The second kappa shape index (κ2) is 6.06. The zero-order chi connectivity index (χ0) is 20.3. The molecule has 142 valence electrons. The Bertz CT molecular complexity index is 1360. The fraction of sp³-hybridized carbons (Fsp3) is 0.231. The molecule has 3 nitrogen and oxygen atoms in total. The summed E-state index contributed by atoms with van der Waals surface area (Å²) in [5.74, 6) is 1.78. The Morgan fingerprint density at radius 1 is 1.03 bits per heavy atom. The van der Waals surface area contributed by atoms with Gasteiger partial charge in [0, 0.05) is 17.5 Å². The Kier molecular flexibility index (Phi) is 3.70. The molecule has 1 aromatic heterocycles. The van der Waals surface area contributed by atoms with Gasteiger partial charge in [-0.25, -0.2) is 0 Å². The number of nitriles is 1. The van der Waals surface area contributed by atoms with Crippen LogP contribution in [0.1, 0.15) is 25.0 Å². The van der Waals surface area contributed by atoms with Gasteiger partial charge < -0.3 is 4.74 Å². The minimum absolute atomic E-state index is 0.418. The van der Waals surface area contributed by atoms with E-state index >= 15 is 0 Å². The van der Waals surface area contributed by atoms with Crippen molar-refractivity contribution in [1.82, 2.24) is 0 Å². The molecule has 3 heteroatoms. The first-order valence-corrected chi connectivity index (χ1v) is 9.96. The third kappa shape index (κ3) is 2.60. The van der Waals surface area contributed by atoms with E-state index in [-0.39, 0.29) is 0 Å². The van der Waals surface area contributed by atoms with E-state index in [0.717, 1.165) is 28.1 Å². The van der Waals surface area contributed by atoms with Gasteiger partial charge in [-0.2, -0.15) is 9.83 Å². The molecule has 0 N–H and O–H groups in total. The van der Waals surface area contributed by atoms with E-state index in [1.54, 1.807) is 0 Å². The average Bonchev–Trinajstić information content (AvgIpc) is 2.70. The predicted octanol–water partition coefficient (Wildman–Crippen LogP) is 5.99. The maximum Gasteiger partial charge on any atom is 0.256 e. The highest BCUT2D eigenvalue weighted by Gasteiger charge is 2.31. The van der Waals surface area contributed by atoms with Crippen molar-refractivity contribution in [2.45, 2.75) is 27.2 Å². The van der Waals surface area contributed by atoms with Gasteiger partial charge in [0.05, 0.1) is 22.4 Å². The van der Waals surface area contributed by atoms with Crippen LogP contribution in [0.4, 0.5) is 0 Å². The molecule has 3 aromatic carbocycles. The van der Waals surface area contributed by atoms with Gasteiger partial charge in [0.1, 0.15) is 12.8 Å². The van der Waals surface area contributed by atoms with Gasteiger partial charge in [-0.15, -0.1) is 0 Å². The molecule has 0 bridgehead atoms. The smallest absolute Gasteiger partial charge is 0.256 e. The number of ether oxygens (including phenoxy) is 1. The molecule has 0 radical (unpaired) electrons. The number of fused-ring (bicyclic) bond motifs is 3. The van der Waals surface area contributed by atoms with E-state index in [1.165, 1.54) is 27.5 Å². The highest BCUT2D eigenvalue weighted by Crippen LogP contribution is 2.47. The third-order valence-electron chi connectivity index (χ3n) is 5.99. The molecule has 2 heterocycles. The number of aromatic nitrogens is 1. The van der Waals surface area contributed by atoms with Crippen LogP contribution >= 0.6 is 0 Å². The molecule has 4 aromatic rings. The molecular formula is C26H23N2O+. The summed E-state index contributed by atoms with van der Waals surface area (Å²) in [6.07, 6.45) is 0.699. The van der Waals surface area contributed by atoms with Gasteiger partial charge in [0.15, 0.2) is 5.75 Å². The van der Waals surface area contributed by atoms with Crippen molar-refractivity contribution in [3.63, 3.8) is 0 Å². The lowest BCUT2D eigenvalue weighted by atomic mass is 9.85. The molecule has 0 fully saturated rings. The summed E-state index contributed by atoms with van der Waals surface area (Å²) in [6, 6.07) is 21.5. The molecule has 5 rings (SSSR count). The lowest BCUT2D eigenvalue weighted by molar-refractivity contribution is -0.633. The van der Waals surface area contributed by atoms with Gasteiger partial charge in [-0.3, -0.25) is 0 Å². The number of hydrogen-bond donors (Lipinski definition) is 0. The van der Waals surface area contributed by atoms with Gasteiger partial charge >= 0.3 is 0 Å². The van der Waals surface area contributed by atoms with Crippen LogP contribution in [0.3, 0.4) is 0 Å². The first-order valence-electron chi connectivity index (χ1n) is 9.96. The molecule has 1 aliphatic heterocycles. The predicted molar refractivity (Wildman–Crippen MR) is 116 cm³/mol. The summed E-state index contributed by atoms with van der Waals surface area (Å²) >= 11 is 0. The minimum atomic E-state index is -0.418. The molecule has 0 saturated heterocycles. The minimum Gasteiger partial charge on any atom is -0.450 e. The van der Waals surface area contributed by atoms with Gasteiger partial charge in [0.2, 0.25) is 5.52 Å². The first-order chi connectivity index (χ1) is 13.9. The zero-order valence-corrected chi connectivity index (χ0v) is 17.2. The quantitative estimate of drug-likeness (QED) is 0.353. The topological polar surface area (TPSA) is 36.9 Å². The van der Waals surface area contributed by atoms with Gasteiger partial charge in [-0.1, -0.05) is 36.4 Å². The second-order valence-corrected chi connectivity index (χ2v) is 8.65. The monoisotopic (exact) mass is 379 g/mol. The third-order valence-corrected chi connectivity index (χ3v) is 5.99. The molecule has 0 spiro atoms. The Balaban J connectivity index is 1.85. The van der Waals surface area contributed by atoms with Crippen molar-refractivity contribution in [3.05, 3.63) is 65.7 Å². The molecule has 0 unspecified atom stereocenters. The van der Waals surface area contributed by atoms with Crippen molar-refractivity contribution < 1.29 is 9.30 Å². The number of aryl methyl sites for hydroxylation is 2. The van der Waals surface area contributed by atoms with Crippen LogP contribution in [-0.4, -0.2) is 0 Å². The van der Waals surface area contributed by atoms with Crippen LogP contribution in [0, 0.1) is 23.7 Å². The summed E-state index contributed by atoms with van der Waals surface area (Å²) in [6.45, 7) is 6.14. The molecule has 0 atom stereocenters. The Morgan fingerprint density at radius 2 is 1.83 bits per heavy atom. The second-order valence-electron chi connectivity index (χ2n) is 8.65. The van der Waals surface area contributed by atoms with E-state index in [1.807, 2.05) is 26.0 Å². The standard InChI is InChI=1S/C26H23N2O/c1-16-11-12-17-7-6-10-21-24(17)23(16)25-22(29-21)13-19-18(14-26(2,3)15-27)8-5-9-20(19)28(25)4/h5-13H,14H2,1-4H3/q+1. The normalized spacial score (nSPS) is 12.5. The number of pyridine rings is 1. The lowest BCUT2D eigenvalue weighted by Crippen LogP contribution is -2.34. The van der Waals surface area contributed by atoms with Crippen molar-refractivity contribution in [1.29, 1.82) is 5.26 Å². The van der Waals surface area contributed by atoms with E-state index in [9.17, 15) is 5.26 Å². The van der Waals surface area contributed by atoms with Crippen LogP contribution in [-0.2, 0) is 13.5 Å². The van der Waals surface area contributed by atoms with Crippen molar-refractivity contribution in [2.75, 3.05) is 0 Å². The lowest BCUT2D eigenvalue weighted by Gasteiger charge is -2.22. The molecular weight excluding hydrogens is 356 g/mol. The van der Waals surface area contributed by atoms with Crippen molar-refractivity contribution in [2.24, 2.45) is 12.5 Å². The fourth-order valence-corrected chi connectivity index (χ4v) is 4.54. The molecule has 0 saturated carbocycles. The first kappa shape index (κ1) is 17.7. The summed E-state index contributed by atoms with van der Waals surface area (Å²) in [5.41, 5.74) is 5.49. The van der Waals surface area contributed by atoms with Crippen molar-refractivity contribution >= 4 is 21.7 Å². The SMILES string of the molecule is Cc1ccc2cccc3c2c1-c1c(cc2c(CC(C)(C)C#N)cccc2[n+]1C)O3. The van der Waals surface area contributed by atoms with Crippen molar-refractivity contribution in [3.8, 4) is 28.8 Å². The maximum atomic E-state index is 9.52. The Morgan fingerprint density at radius 3 is 2.62 bits per heavy atom. The maximum absolute atomic E-state index is 9.52. The molecule has 29 heavy (non-hydrogen) atoms. The van der Waals surface area contributed by atoms with E-state index in [4.69, 9.17) is 4.74 Å². The van der Waals surface area contributed by atoms with Crippen LogP contribution in [0.2, 0.25) is 0 Å².